The summed E-state index contributed by atoms with van der Waals surface area (Å²) in [5.74, 6) is 0.149. The molecule has 0 radical (unpaired) electrons. The first-order valence-corrected chi connectivity index (χ1v) is 11.0. The lowest BCUT2D eigenvalue weighted by Gasteiger charge is -2.23. The number of aryl methyl sites for hydroxylation is 1. The van der Waals surface area contributed by atoms with E-state index in [1.54, 1.807) is 0 Å². The highest BCUT2D eigenvalue weighted by molar-refractivity contribution is 5.77. The van der Waals surface area contributed by atoms with Crippen LogP contribution >= 0.6 is 0 Å². The molecule has 4 heteroatoms. The van der Waals surface area contributed by atoms with Crippen LogP contribution in [0.4, 0.5) is 0 Å². The van der Waals surface area contributed by atoms with Gasteiger partial charge < -0.3 is 4.90 Å². The van der Waals surface area contributed by atoms with Crippen LogP contribution in [0.2, 0.25) is 0 Å². The Hall–Kier alpha value is -3.66. The fraction of sp³-hybridized carbons (Fsp3) is 0.214. The van der Waals surface area contributed by atoms with Crippen LogP contribution in [0.5, 0.6) is 0 Å². The van der Waals surface area contributed by atoms with Crippen LogP contribution in [0.3, 0.4) is 0 Å². The van der Waals surface area contributed by atoms with Crippen molar-refractivity contribution in [3.8, 4) is 5.69 Å². The number of carbonyl (C=O) groups excluding carboxylic acids is 1. The first-order chi connectivity index (χ1) is 15.5. The van der Waals surface area contributed by atoms with Gasteiger partial charge in [0.2, 0.25) is 5.91 Å². The van der Waals surface area contributed by atoms with E-state index in [-0.39, 0.29) is 11.8 Å². The average Bonchev–Trinajstić information content (AvgIpc) is 3.12. The minimum Gasteiger partial charge on any atom is -0.341 e. The highest BCUT2D eigenvalue weighted by atomic mass is 16.2. The van der Waals surface area contributed by atoms with E-state index >= 15 is 0 Å². The highest BCUT2D eigenvalue weighted by Gasteiger charge is 2.22. The van der Waals surface area contributed by atoms with Gasteiger partial charge in [-0.15, -0.1) is 0 Å². The lowest BCUT2D eigenvalue weighted by atomic mass is 9.88. The fourth-order valence-corrected chi connectivity index (χ4v) is 4.18. The Balaban J connectivity index is 1.54. The number of rotatable bonds is 7. The number of benzene rings is 3. The molecule has 1 aromatic heterocycles. The lowest BCUT2D eigenvalue weighted by molar-refractivity contribution is -0.130. The van der Waals surface area contributed by atoms with Crippen molar-refractivity contribution in [3.63, 3.8) is 0 Å². The average molecular weight is 424 g/mol. The quantitative estimate of drug-likeness (QED) is 0.384. The van der Waals surface area contributed by atoms with E-state index in [9.17, 15) is 4.79 Å². The molecule has 0 aliphatic heterocycles. The molecule has 162 valence electrons. The standard InChI is InChI=1S/C28H29N3O/c1-21-27(22(2)31(29-21)25-17-11-6-12-18-25)20-30(3)28(32)19-26(23-13-7-4-8-14-23)24-15-9-5-10-16-24/h4-18,26H,19-20H2,1-3H3. The van der Waals surface area contributed by atoms with E-state index in [0.717, 1.165) is 33.8 Å². The maximum absolute atomic E-state index is 13.3. The number of para-hydroxylation sites is 1. The predicted octanol–water partition coefficient (Wildman–Crippen LogP) is 5.67. The topological polar surface area (TPSA) is 38.1 Å². The van der Waals surface area contributed by atoms with Crippen LogP contribution in [-0.2, 0) is 11.3 Å². The van der Waals surface area contributed by atoms with Gasteiger partial charge >= 0.3 is 0 Å². The number of aromatic nitrogens is 2. The second kappa shape index (κ2) is 9.65. The third kappa shape index (κ3) is 4.65. The van der Waals surface area contributed by atoms with E-state index in [2.05, 4.69) is 31.2 Å². The van der Waals surface area contributed by atoms with Gasteiger partial charge in [-0.1, -0.05) is 78.9 Å². The van der Waals surface area contributed by atoms with Gasteiger partial charge in [-0.05, 0) is 37.1 Å². The summed E-state index contributed by atoms with van der Waals surface area (Å²) < 4.78 is 1.96. The van der Waals surface area contributed by atoms with Gasteiger partial charge in [0.05, 0.1) is 11.4 Å². The van der Waals surface area contributed by atoms with E-state index in [4.69, 9.17) is 5.10 Å². The molecule has 3 aromatic carbocycles. The Morgan fingerprint density at radius 1 is 0.844 bits per heavy atom. The number of nitrogens with zero attached hydrogens (tertiary/aromatic N) is 3. The molecule has 0 aliphatic rings. The van der Waals surface area contributed by atoms with E-state index in [1.807, 2.05) is 90.3 Å². The SMILES string of the molecule is Cc1nn(-c2ccccc2)c(C)c1CN(C)C(=O)CC(c1ccccc1)c1ccccc1. The van der Waals surface area contributed by atoms with Crippen LogP contribution < -0.4 is 0 Å². The monoisotopic (exact) mass is 423 g/mol. The molecule has 4 rings (SSSR count). The summed E-state index contributed by atoms with van der Waals surface area (Å²) in [5.41, 5.74) is 6.46. The maximum Gasteiger partial charge on any atom is 0.223 e. The third-order valence-electron chi connectivity index (χ3n) is 6.05. The normalized spacial score (nSPS) is 11.0. The number of carbonyl (C=O) groups is 1. The minimum absolute atomic E-state index is 0.0292. The Labute approximate surface area is 190 Å². The van der Waals surface area contributed by atoms with Crippen molar-refractivity contribution in [3.05, 3.63) is 119 Å². The zero-order valence-corrected chi connectivity index (χ0v) is 18.9. The zero-order valence-electron chi connectivity index (χ0n) is 18.9. The molecule has 1 amide bonds. The van der Waals surface area contributed by atoms with Gasteiger partial charge in [0, 0.05) is 37.2 Å². The molecule has 4 aromatic rings. The van der Waals surface area contributed by atoms with Crippen molar-refractivity contribution in [1.82, 2.24) is 14.7 Å². The summed E-state index contributed by atoms with van der Waals surface area (Å²) in [4.78, 5) is 15.1. The van der Waals surface area contributed by atoms with Crippen LogP contribution in [0.15, 0.2) is 91.0 Å². The first-order valence-electron chi connectivity index (χ1n) is 11.0. The molecule has 0 fully saturated rings. The van der Waals surface area contributed by atoms with Crippen LogP contribution in [-0.4, -0.2) is 27.6 Å². The van der Waals surface area contributed by atoms with Crippen molar-refractivity contribution < 1.29 is 4.79 Å². The van der Waals surface area contributed by atoms with Gasteiger partial charge in [0.15, 0.2) is 0 Å². The van der Waals surface area contributed by atoms with Crippen molar-refractivity contribution in [2.45, 2.75) is 32.7 Å². The molecule has 0 N–H and O–H groups in total. The molecule has 0 saturated heterocycles. The van der Waals surface area contributed by atoms with E-state index in [0.29, 0.717) is 13.0 Å². The van der Waals surface area contributed by atoms with E-state index < -0.39 is 0 Å². The summed E-state index contributed by atoms with van der Waals surface area (Å²) in [6.45, 7) is 4.62. The summed E-state index contributed by atoms with van der Waals surface area (Å²) in [7, 11) is 1.88. The molecular formula is C28H29N3O. The Kier molecular flexibility index (Phi) is 6.50. The van der Waals surface area contributed by atoms with Gasteiger partial charge in [0.1, 0.15) is 0 Å². The first kappa shape index (κ1) is 21.6. The summed E-state index contributed by atoms with van der Waals surface area (Å²) in [6, 6.07) is 30.7. The molecule has 0 atom stereocenters. The molecule has 0 saturated carbocycles. The summed E-state index contributed by atoms with van der Waals surface area (Å²) in [6.07, 6.45) is 0.426. The van der Waals surface area contributed by atoms with Gasteiger partial charge in [-0.3, -0.25) is 4.79 Å². The number of hydrogen-bond acceptors (Lipinski definition) is 2. The maximum atomic E-state index is 13.3. The van der Waals surface area contributed by atoms with Crippen LogP contribution in [0.25, 0.3) is 5.69 Å². The molecule has 0 spiro atoms. The van der Waals surface area contributed by atoms with Gasteiger partial charge in [-0.2, -0.15) is 5.10 Å². The molecule has 1 heterocycles. The van der Waals surface area contributed by atoms with Crippen molar-refractivity contribution in [2.24, 2.45) is 0 Å². The molecule has 4 nitrogen and oxygen atoms in total. The Morgan fingerprint density at radius 2 is 1.34 bits per heavy atom. The number of hydrogen-bond donors (Lipinski definition) is 0. The van der Waals surface area contributed by atoms with Crippen molar-refractivity contribution in [2.75, 3.05) is 7.05 Å². The second-order valence-corrected chi connectivity index (χ2v) is 8.22. The van der Waals surface area contributed by atoms with Gasteiger partial charge in [0.25, 0.3) is 0 Å². The van der Waals surface area contributed by atoms with Crippen LogP contribution in [0, 0.1) is 13.8 Å². The predicted molar refractivity (Wildman–Crippen MR) is 129 cm³/mol. The highest BCUT2D eigenvalue weighted by Crippen LogP contribution is 2.29. The fourth-order valence-electron chi connectivity index (χ4n) is 4.18. The smallest absolute Gasteiger partial charge is 0.223 e. The third-order valence-corrected chi connectivity index (χ3v) is 6.05. The van der Waals surface area contributed by atoms with Crippen molar-refractivity contribution >= 4 is 5.91 Å². The Morgan fingerprint density at radius 3 is 1.88 bits per heavy atom. The molecular weight excluding hydrogens is 394 g/mol. The summed E-state index contributed by atoms with van der Waals surface area (Å²) >= 11 is 0. The zero-order chi connectivity index (χ0) is 22.5. The largest absolute Gasteiger partial charge is 0.341 e. The van der Waals surface area contributed by atoms with Gasteiger partial charge in [-0.25, -0.2) is 4.68 Å². The number of amides is 1. The van der Waals surface area contributed by atoms with E-state index in [1.165, 1.54) is 0 Å². The Bertz CT molecular complexity index is 1130. The minimum atomic E-state index is 0.0292. The lowest BCUT2D eigenvalue weighted by Crippen LogP contribution is -2.28. The second-order valence-electron chi connectivity index (χ2n) is 8.22. The summed E-state index contributed by atoms with van der Waals surface area (Å²) in [5, 5.41) is 4.73. The van der Waals surface area contributed by atoms with Crippen molar-refractivity contribution in [1.29, 1.82) is 0 Å². The molecule has 0 aliphatic carbocycles. The molecule has 32 heavy (non-hydrogen) atoms. The molecule has 0 bridgehead atoms. The molecule has 0 unspecified atom stereocenters. The van der Waals surface area contributed by atoms with Crippen LogP contribution in [0.1, 0.15) is 40.4 Å².